The fraction of sp³-hybridized carbons (Fsp3) is 0.0556. The molecule has 0 atom stereocenters. The van der Waals surface area contributed by atoms with Gasteiger partial charge in [0.1, 0.15) is 11.6 Å². The van der Waals surface area contributed by atoms with Gasteiger partial charge in [-0.15, -0.1) is 70.8 Å². The van der Waals surface area contributed by atoms with Crippen LogP contribution in [0.4, 0.5) is 8.78 Å². The third kappa shape index (κ3) is 10.3. The standard InChI is InChI=1S/2C12H10F.C12H10Ge.2ClH.Hf/c2*1-9-3-2-4-12(9)10-5-7-11(13)8-6-10;1-3-7-11(8-4-1)13-12-9-5-2-6-10-12;;;/h2*2-8H,1H3;1-10H;2*1H;/q2*-1;;;;+2/p-2. The van der Waals surface area contributed by atoms with E-state index in [0.29, 0.717) is 0 Å². The molecule has 212 valence electrons. The summed E-state index contributed by atoms with van der Waals surface area (Å²) < 4.78 is 28.5. The van der Waals surface area contributed by atoms with E-state index in [0.717, 1.165) is 11.1 Å². The number of hydrogen-bond acceptors (Lipinski definition) is 0. The Morgan fingerprint density at radius 2 is 0.810 bits per heavy atom. The average molecular weight is 823 g/mol. The van der Waals surface area contributed by atoms with E-state index in [1.165, 1.54) is 67.8 Å². The van der Waals surface area contributed by atoms with Gasteiger partial charge in [-0.1, -0.05) is 49.2 Å². The number of benzene rings is 4. The molecule has 0 aliphatic rings. The molecule has 0 aromatic heterocycles. The maximum atomic E-state index is 12.6. The molecule has 0 aliphatic carbocycles. The first-order valence-electron chi connectivity index (χ1n) is 13.1. The number of hydrogen-bond donors (Lipinski definition) is 0. The van der Waals surface area contributed by atoms with Gasteiger partial charge in [-0.3, -0.25) is 0 Å². The van der Waals surface area contributed by atoms with E-state index in [4.69, 9.17) is 0 Å². The van der Waals surface area contributed by atoms with Crippen LogP contribution in [-0.2, 0) is 21.3 Å². The van der Waals surface area contributed by atoms with Crippen molar-refractivity contribution in [2.45, 2.75) is 13.8 Å². The van der Waals surface area contributed by atoms with Gasteiger partial charge in [-0.25, -0.2) is 8.78 Å². The van der Waals surface area contributed by atoms with Gasteiger partial charge in [0.05, 0.1) is 0 Å². The van der Waals surface area contributed by atoms with Crippen molar-refractivity contribution in [2.75, 3.05) is 0 Å². The zero-order chi connectivity index (χ0) is 28.3. The van der Waals surface area contributed by atoms with E-state index < -0.39 is 10.1 Å². The van der Waals surface area contributed by atoms with Crippen LogP contribution in [0.2, 0.25) is 0 Å². The molecule has 6 aromatic rings. The molecule has 6 heteroatoms. The molecular weight excluding hydrogens is 792 g/mol. The summed E-state index contributed by atoms with van der Waals surface area (Å²) >= 11 is 1.33. The summed E-state index contributed by atoms with van der Waals surface area (Å²) in [5.41, 5.74) is 6.96. The zero-order valence-corrected chi connectivity index (χ0v) is 30.6. The van der Waals surface area contributed by atoms with Crippen molar-refractivity contribution in [2.24, 2.45) is 0 Å². The maximum absolute atomic E-state index is 12.6. The predicted octanol–water partition coefficient (Wildman–Crippen LogP) is 2.39. The third-order valence-corrected chi connectivity index (χ3v) is 21.1. The molecule has 0 nitrogen and oxygen atoms in total. The number of aryl methyl sites for hydroxylation is 2. The Morgan fingerprint density at radius 1 is 0.476 bits per heavy atom. The number of rotatable bonds is 4. The topological polar surface area (TPSA) is 0 Å². The second-order valence-electron chi connectivity index (χ2n) is 9.37. The Balaban J connectivity index is 0.000000215. The van der Waals surface area contributed by atoms with E-state index in [1.54, 1.807) is 33.1 Å². The normalized spacial score (nSPS) is 9.67. The Labute approximate surface area is 276 Å². The first-order chi connectivity index (χ1) is 19.4. The van der Waals surface area contributed by atoms with Gasteiger partial charge in [0, 0.05) is 0 Å². The van der Waals surface area contributed by atoms with Crippen molar-refractivity contribution in [1.29, 1.82) is 0 Å². The van der Waals surface area contributed by atoms with Crippen LogP contribution in [0, 0.1) is 25.5 Å². The van der Waals surface area contributed by atoms with Crippen LogP contribution in [-0.4, -0.2) is 10.1 Å². The summed E-state index contributed by atoms with van der Waals surface area (Å²) in [6.07, 6.45) is 0. The Hall–Kier alpha value is -2.57. The first kappa shape index (κ1) is 35.6. The molecule has 0 unspecified atom stereocenters. The van der Waals surface area contributed by atoms with Gasteiger partial charge in [-0.05, 0) is 0 Å². The van der Waals surface area contributed by atoms with Crippen molar-refractivity contribution in [3.05, 3.63) is 168 Å². The molecule has 0 bridgehead atoms. The van der Waals surface area contributed by atoms with Crippen LogP contribution < -0.4 is 33.6 Å². The summed E-state index contributed by atoms with van der Waals surface area (Å²) in [4.78, 5) is 0. The number of halogens is 4. The predicted molar refractivity (Wildman–Crippen MR) is 162 cm³/mol. The summed E-state index contributed by atoms with van der Waals surface area (Å²) in [5.74, 6) is -0.374. The third-order valence-electron chi connectivity index (χ3n) is 6.50. The van der Waals surface area contributed by atoms with E-state index in [2.05, 4.69) is 86.6 Å². The quantitative estimate of drug-likeness (QED) is 0.190. The van der Waals surface area contributed by atoms with Crippen molar-refractivity contribution in [1.82, 2.24) is 0 Å². The Morgan fingerprint density at radius 3 is 1.10 bits per heavy atom. The van der Waals surface area contributed by atoms with E-state index in [-0.39, 0.29) is 36.4 Å². The summed E-state index contributed by atoms with van der Waals surface area (Å²) in [7, 11) is -1.06. The SMILES string of the molecule is Cc1ccc[c-]1-c1ccc(F)cc1.Cc1ccc[c-]1-c1ccc(F)cc1.[Cl-].[Cl-].[Hf+2]=[Ge]([c]1ccccc1)[c]1ccccc1. The van der Waals surface area contributed by atoms with Crippen molar-refractivity contribution in [3.8, 4) is 22.3 Å². The van der Waals surface area contributed by atoms with Crippen LogP contribution in [0.1, 0.15) is 11.1 Å². The van der Waals surface area contributed by atoms with Gasteiger partial charge >= 0.3 is 101 Å². The van der Waals surface area contributed by atoms with E-state index in [9.17, 15) is 8.78 Å². The Kier molecular flexibility index (Phi) is 15.4. The molecule has 0 heterocycles. The molecule has 0 amide bonds. The van der Waals surface area contributed by atoms with Gasteiger partial charge < -0.3 is 24.8 Å². The molecule has 0 fully saturated rings. The van der Waals surface area contributed by atoms with Crippen LogP contribution in [0.15, 0.2) is 146 Å². The fourth-order valence-electron chi connectivity index (χ4n) is 4.30. The van der Waals surface area contributed by atoms with Gasteiger partial charge in [0.15, 0.2) is 0 Å². The Bertz CT molecular complexity index is 1500. The molecule has 0 radical (unpaired) electrons. The average Bonchev–Trinajstić information content (AvgIpc) is 3.63. The van der Waals surface area contributed by atoms with E-state index >= 15 is 0 Å². The second kappa shape index (κ2) is 18.2. The summed E-state index contributed by atoms with van der Waals surface area (Å²) in [6.45, 7) is 4.11. The van der Waals surface area contributed by atoms with Gasteiger partial charge in [0.25, 0.3) is 0 Å². The zero-order valence-electron chi connectivity index (χ0n) is 23.4. The van der Waals surface area contributed by atoms with Gasteiger partial charge in [-0.2, -0.15) is 12.1 Å². The van der Waals surface area contributed by atoms with Crippen LogP contribution in [0.3, 0.4) is 0 Å². The van der Waals surface area contributed by atoms with Gasteiger partial charge in [0.2, 0.25) is 0 Å². The second-order valence-corrected chi connectivity index (χ2v) is 22.7. The van der Waals surface area contributed by atoms with Crippen molar-refractivity contribution in [3.63, 3.8) is 0 Å². The monoisotopic (exact) mass is 824 g/mol. The summed E-state index contributed by atoms with van der Waals surface area (Å²) in [6, 6.07) is 47.3. The summed E-state index contributed by atoms with van der Waals surface area (Å²) in [5, 5.41) is 0. The molecule has 6 rings (SSSR count). The minimum absolute atomic E-state index is 0. The molecule has 42 heavy (non-hydrogen) atoms. The van der Waals surface area contributed by atoms with Crippen molar-refractivity contribution < 1.29 is 54.9 Å². The van der Waals surface area contributed by atoms with Crippen LogP contribution in [0.5, 0.6) is 0 Å². The van der Waals surface area contributed by atoms with Crippen molar-refractivity contribution >= 4 is 18.8 Å². The molecule has 0 N–H and O–H groups in total. The first-order valence-corrected chi connectivity index (χ1v) is 25.6. The molecule has 0 saturated carbocycles. The minimum atomic E-state index is -1.06. The van der Waals surface area contributed by atoms with Crippen LogP contribution in [0.25, 0.3) is 22.3 Å². The molecule has 0 saturated heterocycles. The fourth-order valence-corrected chi connectivity index (χ4v) is 13.4. The van der Waals surface area contributed by atoms with Crippen LogP contribution >= 0.6 is 0 Å². The van der Waals surface area contributed by atoms with E-state index in [1.807, 2.05) is 24.3 Å². The molecule has 0 spiro atoms. The molecule has 0 aliphatic heterocycles. The molecule has 6 aromatic carbocycles. The molecular formula is C36H30Cl2F2GeHf-2.